The minimum atomic E-state index is 0.127. The summed E-state index contributed by atoms with van der Waals surface area (Å²) in [6.45, 7) is 4.00. The highest BCUT2D eigenvalue weighted by molar-refractivity contribution is 5.69. The molecule has 0 bridgehead atoms. The van der Waals surface area contributed by atoms with Crippen molar-refractivity contribution < 1.29 is 4.74 Å². The summed E-state index contributed by atoms with van der Waals surface area (Å²) in [7, 11) is 0. The largest absolute Gasteiger partial charge is 0.490 e. The summed E-state index contributed by atoms with van der Waals surface area (Å²) in [6.07, 6.45) is 1.85. The molecular weight excluding hydrogens is 226 g/mol. The summed E-state index contributed by atoms with van der Waals surface area (Å²) in [6, 6.07) is 11.6. The molecule has 0 spiro atoms. The van der Waals surface area contributed by atoms with E-state index in [0.717, 1.165) is 22.7 Å². The number of anilines is 1. The molecular formula is C14H17N3O. The van der Waals surface area contributed by atoms with Gasteiger partial charge in [-0.3, -0.25) is 10.8 Å². The smallest absolute Gasteiger partial charge is 0.129 e. The lowest BCUT2D eigenvalue weighted by Gasteiger charge is -2.14. The Bertz CT molecular complexity index is 526. The van der Waals surface area contributed by atoms with E-state index in [2.05, 4.69) is 10.4 Å². The average Bonchev–Trinajstić information content (AvgIpc) is 2.39. The van der Waals surface area contributed by atoms with Crippen molar-refractivity contribution >= 4 is 5.69 Å². The Kier molecular flexibility index (Phi) is 3.79. The summed E-state index contributed by atoms with van der Waals surface area (Å²) in [5.41, 5.74) is 5.23. The van der Waals surface area contributed by atoms with Crippen LogP contribution in [0.25, 0.3) is 11.3 Å². The van der Waals surface area contributed by atoms with Crippen molar-refractivity contribution in [1.82, 2.24) is 4.98 Å². The van der Waals surface area contributed by atoms with Crippen molar-refractivity contribution in [2.45, 2.75) is 20.0 Å². The summed E-state index contributed by atoms with van der Waals surface area (Å²) >= 11 is 0. The molecule has 94 valence electrons. The van der Waals surface area contributed by atoms with Gasteiger partial charge in [0.1, 0.15) is 5.75 Å². The number of hydrazine groups is 1. The molecule has 0 saturated carbocycles. The van der Waals surface area contributed by atoms with Crippen LogP contribution in [0.3, 0.4) is 0 Å². The first-order valence-electron chi connectivity index (χ1n) is 5.89. The van der Waals surface area contributed by atoms with Gasteiger partial charge >= 0.3 is 0 Å². The highest BCUT2D eigenvalue weighted by Crippen LogP contribution is 2.30. The van der Waals surface area contributed by atoms with Gasteiger partial charge in [0, 0.05) is 11.8 Å². The Morgan fingerprint density at radius 3 is 2.72 bits per heavy atom. The van der Waals surface area contributed by atoms with Gasteiger partial charge in [-0.15, -0.1) is 0 Å². The Morgan fingerprint density at radius 2 is 2.00 bits per heavy atom. The van der Waals surface area contributed by atoms with Gasteiger partial charge in [0.2, 0.25) is 0 Å². The molecule has 4 nitrogen and oxygen atoms in total. The molecule has 0 saturated heterocycles. The van der Waals surface area contributed by atoms with E-state index >= 15 is 0 Å². The lowest BCUT2D eigenvalue weighted by atomic mass is 10.1. The molecule has 2 rings (SSSR count). The number of nitrogens with two attached hydrogens (primary N) is 1. The SMILES string of the molecule is CC(C)Oc1ccccc1-c1cc(NN)ccn1. The number of nitrogens with zero attached hydrogens (tertiary/aromatic N) is 1. The fourth-order valence-corrected chi connectivity index (χ4v) is 1.70. The maximum atomic E-state index is 5.78. The molecule has 0 aliphatic heterocycles. The van der Waals surface area contributed by atoms with Crippen molar-refractivity contribution in [3.05, 3.63) is 42.6 Å². The van der Waals surface area contributed by atoms with E-state index in [1.54, 1.807) is 6.20 Å². The zero-order chi connectivity index (χ0) is 13.0. The van der Waals surface area contributed by atoms with E-state index in [1.165, 1.54) is 0 Å². The van der Waals surface area contributed by atoms with Crippen LogP contribution in [0, 0.1) is 0 Å². The average molecular weight is 243 g/mol. The van der Waals surface area contributed by atoms with E-state index in [1.807, 2.05) is 50.2 Å². The van der Waals surface area contributed by atoms with Crippen molar-refractivity contribution in [3.8, 4) is 17.0 Å². The Morgan fingerprint density at radius 1 is 1.22 bits per heavy atom. The third-order valence-corrected chi connectivity index (χ3v) is 2.45. The van der Waals surface area contributed by atoms with Gasteiger partial charge in [0.25, 0.3) is 0 Å². The molecule has 4 heteroatoms. The van der Waals surface area contributed by atoms with Crippen LogP contribution < -0.4 is 16.0 Å². The minimum Gasteiger partial charge on any atom is -0.490 e. The number of nitrogen functional groups attached to an aromatic ring is 1. The summed E-state index contributed by atoms with van der Waals surface area (Å²) in [5, 5.41) is 0. The van der Waals surface area contributed by atoms with E-state index in [-0.39, 0.29) is 6.10 Å². The predicted molar refractivity (Wildman–Crippen MR) is 73.2 cm³/mol. The zero-order valence-electron chi connectivity index (χ0n) is 10.6. The van der Waals surface area contributed by atoms with Crippen molar-refractivity contribution in [3.63, 3.8) is 0 Å². The minimum absolute atomic E-state index is 0.127. The zero-order valence-corrected chi connectivity index (χ0v) is 10.6. The molecule has 3 N–H and O–H groups in total. The predicted octanol–water partition coefficient (Wildman–Crippen LogP) is 2.82. The second-order valence-electron chi connectivity index (χ2n) is 4.24. The monoisotopic (exact) mass is 243 g/mol. The first-order valence-corrected chi connectivity index (χ1v) is 5.89. The number of nitrogens with one attached hydrogen (secondary N) is 1. The van der Waals surface area contributed by atoms with Crippen LogP contribution >= 0.6 is 0 Å². The van der Waals surface area contributed by atoms with Crippen LogP contribution in [0.15, 0.2) is 42.6 Å². The van der Waals surface area contributed by atoms with Crippen LogP contribution in [0.2, 0.25) is 0 Å². The van der Waals surface area contributed by atoms with Crippen LogP contribution in [-0.2, 0) is 0 Å². The van der Waals surface area contributed by atoms with E-state index in [4.69, 9.17) is 10.6 Å². The van der Waals surface area contributed by atoms with Crippen molar-refractivity contribution in [1.29, 1.82) is 0 Å². The number of rotatable bonds is 4. The molecule has 0 atom stereocenters. The van der Waals surface area contributed by atoms with Crippen LogP contribution in [-0.4, -0.2) is 11.1 Å². The Balaban J connectivity index is 2.42. The second-order valence-corrected chi connectivity index (χ2v) is 4.24. The molecule has 2 aromatic rings. The summed E-state index contributed by atoms with van der Waals surface area (Å²) in [4.78, 5) is 4.35. The quantitative estimate of drug-likeness (QED) is 0.640. The van der Waals surface area contributed by atoms with Crippen molar-refractivity contribution in [2.24, 2.45) is 5.84 Å². The van der Waals surface area contributed by atoms with Crippen LogP contribution in [0.5, 0.6) is 5.75 Å². The number of aromatic nitrogens is 1. The number of hydrogen-bond acceptors (Lipinski definition) is 4. The Labute approximate surface area is 107 Å². The molecule has 0 radical (unpaired) electrons. The molecule has 0 aliphatic carbocycles. The molecule has 0 amide bonds. The number of para-hydroxylation sites is 1. The summed E-state index contributed by atoms with van der Waals surface area (Å²) < 4.78 is 5.78. The molecule has 0 unspecified atom stereocenters. The van der Waals surface area contributed by atoms with E-state index < -0.39 is 0 Å². The molecule has 18 heavy (non-hydrogen) atoms. The number of pyridine rings is 1. The summed E-state index contributed by atoms with van der Waals surface area (Å²) in [5.74, 6) is 6.23. The first kappa shape index (κ1) is 12.4. The fourth-order valence-electron chi connectivity index (χ4n) is 1.70. The van der Waals surface area contributed by atoms with Gasteiger partial charge in [0.15, 0.2) is 0 Å². The molecule has 1 aromatic carbocycles. The molecule has 1 aromatic heterocycles. The maximum Gasteiger partial charge on any atom is 0.129 e. The normalized spacial score (nSPS) is 10.4. The second kappa shape index (κ2) is 5.51. The third-order valence-electron chi connectivity index (χ3n) is 2.45. The molecule has 0 fully saturated rings. The first-order chi connectivity index (χ1) is 8.70. The highest BCUT2D eigenvalue weighted by Gasteiger charge is 2.08. The van der Waals surface area contributed by atoms with Crippen molar-refractivity contribution in [2.75, 3.05) is 5.43 Å². The van der Waals surface area contributed by atoms with Crippen LogP contribution in [0.1, 0.15) is 13.8 Å². The fraction of sp³-hybridized carbons (Fsp3) is 0.214. The lowest BCUT2D eigenvalue weighted by molar-refractivity contribution is 0.243. The maximum absolute atomic E-state index is 5.78. The van der Waals surface area contributed by atoms with Gasteiger partial charge < -0.3 is 10.2 Å². The highest BCUT2D eigenvalue weighted by atomic mass is 16.5. The van der Waals surface area contributed by atoms with Gasteiger partial charge in [0.05, 0.1) is 17.5 Å². The standard InChI is InChI=1S/C14H17N3O/c1-10(2)18-14-6-4-3-5-12(14)13-9-11(17-15)7-8-16-13/h3-10H,15H2,1-2H3,(H,16,17). The van der Waals surface area contributed by atoms with Gasteiger partial charge in [-0.05, 0) is 38.1 Å². The molecule has 0 aliphatic rings. The van der Waals surface area contributed by atoms with Gasteiger partial charge in [-0.1, -0.05) is 12.1 Å². The third kappa shape index (κ3) is 2.78. The van der Waals surface area contributed by atoms with Gasteiger partial charge in [-0.2, -0.15) is 0 Å². The number of benzene rings is 1. The van der Waals surface area contributed by atoms with E-state index in [9.17, 15) is 0 Å². The lowest BCUT2D eigenvalue weighted by Crippen LogP contribution is -2.08. The van der Waals surface area contributed by atoms with Crippen LogP contribution in [0.4, 0.5) is 5.69 Å². The number of ether oxygens (including phenoxy) is 1. The van der Waals surface area contributed by atoms with E-state index in [0.29, 0.717) is 0 Å². The number of hydrogen-bond donors (Lipinski definition) is 2. The topological polar surface area (TPSA) is 60.2 Å². The Hall–Kier alpha value is -2.07. The van der Waals surface area contributed by atoms with Gasteiger partial charge in [-0.25, -0.2) is 0 Å². The molecule has 1 heterocycles.